The lowest BCUT2D eigenvalue weighted by Crippen LogP contribution is -2.18. The van der Waals surface area contributed by atoms with Crippen molar-refractivity contribution in [2.24, 2.45) is 0 Å². The molecule has 1 N–H and O–H groups in total. The Balaban J connectivity index is 2.43. The maximum atomic E-state index is 13.6. The first kappa shape index (κ1) is 14.9. The van der Waals surface area contributed by atoms with E-state index in [-0.39, 0.29) is 0 Å². The summed E-state index contributed by atoms with van der Waals surface area (Å²) in [5.41, 5.74) is -0.211. The standard InChI is InChI=1S/C12H11F4N3S/c1-6-11(20-19-18-6)10(17-2)7-3-4-8(9(13)5-7)12(14,15)16/h3-5,10,17H,1-2H3. The van der Waals surface area contributed by atoms with Crippen LogP contribution in [0.25, 0.3) is 0 Å². The first-order valence-electron chi connectivity index (χ1n) is 5.67. The molecule has 108 valence electrons. The number of aryl methyl sites for hydroxylation is 1. The van der Waals surface area contributed by atoms with Gasteiger partial charge in [0.15, 0.2) is 0 Å². The zero-order chi connectivity index (χ0) is 14.9. The number of hydrogen-bond acceptors (Lipinski definition) is 4. The molecule has 0 aliphatic carbocycles. The van der Waals surface area contributed by atoms with Crippen molar-refractivity contribution >= 4 is 11.5 Å². The number of alkyl halides is 3. The maximum Gasteiger partial charge on any atom is 0.419 e. The molecule has 1 unspecified atom stereocenters. The van der Waals surface area contributed by atoms with E-state index < -0.39 is 23.6 Å². The van der Waals surface area contributed by atoms with E-state index in [1.165, 1.54) is 6.07 Å². The average molecular weight is 305 g/mol. The van der Waals surface area contributed by atoms with Crippen LogP contribution in [0, 0.1) is 12.7 Å². The van der Waals surface area contributed by atoms with E-state index in [1.807, 2.05) is 0 Å². The molecule has 1 aromatic heterocycles. The molecule has 0 saturated heterocycles. The normalized spacial score (nSPS) is 13.5. The number of benzene rings is 1. The maximum absolute atomic E-state index is 13.6. The summed E-state index contributed by atoms with van der Waals surface area (Å²) in [7, 11) is 1.64. The van der Waals surface area contributed by atoms with Gasteiger partial charge in [0.1, 0.15) is 5.82 Å². The van der Waals surface area contributed by atoms with Crippen molar-refractivity contribution < 1.29 is 17.6 Å². The van der Waals surface area contributed by atoms with Crippen LogP contribution in [-0.4, -0.2) is 16.6 Å². The summed E-state index contributed by atoms with van der Waals surface area (Å²) in [6.07, 6.45) is -4.69. The molecule has 20 heavy (non-hydrogen) atoms. The monoisotopic (exact) mass is 305 g/mol. The smallest absolute Gasteiger partial charge is 0.309 e. The van der Waals surface area contributed by atoms with Crippen molar-refractivity contribution in [3.05, 3.63) is 45.7 Å². The summed E-state index contributed by atoms with van der Waals surface area (Å²) in [6, 6.07) is 2.46. The minimum atomic E-state index is -4.69. The van der Waals surface area contributed by atoms with E-state index in [0.29, 0.717) is 11.3 Å². The molecule has 0 spiro atoms. The van der Waals surface area contributed by atoms with Crippen molar-refractivity contribution in [2.75, 3.05) is 7.05 Å². The molecule has 0 amide bonds. The van der Waals surface area contributed by atoms with Gasteiger partial charge in [-0.15, -0.1) is 5.10 Å². The van der Waals surface area contributed by atoms with Gasteiger partial charge >= 0.3 is 6.18 Å². The SMILES string of the molecule is CNC(c1ccc(C(F)(F)F)c(F)c1)c1snnc1C. The van der Waals surface area contributed by atoms with Gasteiger partial charge in [0.05, 0.1) is 22.2 Å². The van der Waals surface area contributed by atoms with Crippen LogP contribution in [0.4, 0.5) is 17.6 Å². The quantitative estimate of drug-likeness (QED) is 0.884. The van der Waals surface area contributed by atoms with Crippen LogP contribution in [-0.2, 0) is 6.18 Å². The zero-order valence-corrected chi connectivity index (χ0v) is 11.4. The Kier molecular flexibility index (Phi) is 4.05. The van der Waals surface area contributed by atoms with Crippen LogP contribution in [0.3, 0.4) is 0 Å². The summed E-state index contributed by atoms with van der Waals surface area (Å²) < 4.78 is 55.0. The second kappa shape index (κ2) is 5.45. The molecular weight excluding hydrogens is 294 g/mol. The Morgan fingerprint density at radius 3 is 2.45 bits per heavy atom. The molecular formula is C12H11F4N3S. The van der Waals surface area contributed by atoms with Gasteiger partial charge in [-0.3, -0.25) is 0 Å². The molecule has 1 atom stereocenters. The highest BCUT2D eigenvalue weighted by Crippen LogP contribution is 2.34. The highest BCUT2D eigenvalue weighted by molar-refractivity contribution is 7.05. The molecule has 2 rings (SSSR count). The highest BCUT2D eigenvalue weighted by atomic mass is 32.1. The molecule has 0 radical (unpaired) electrons. The molecule has 3 nitrogen and oxygen atoms in total. The van der Waals surface area contributed by atoms with Gasteiger partial charge in [0.25, 0.3) is 0 Å². The first-order chi connectivity index (χ1) is 9.34. The second-order valence-corrected chi connectivity index (χ2v) is 4.97. The van der Waals surface area contributed by atoms with E-state index in [9.17, 15) is 17.6 Å². The number of nitrogens with one attached hydrogen (secondary N) is 1. The molecule has 2 aromatic rings. The van der Waals surface area contributed by atoms with Crippen molar-refractivity contribution in [3.8, 4) is 0 Å². The fraction of sp³-hybridized carbons (Fsp3) is 0.333. The van der Waals surface area contributed by atoms with Gasteiger partial charge in [0.2, 0.25) is 0 Å². The fourth-order valence-electron chi connectivity index (χ4n) is 1.89. The van der Waals surface area contributed by atoms with Crippen LogP contribution in [0.5, 0.6) is 0 Å². The number of hydrogen-bond donors (Lipinski definition) is 1. The molecule has 0 aliphatic heterocycles. The molecule has 0 bridgehead atoms. The van der Waals surface area contributed by atoms with Gasteiger partial charge in [-0.25, -0.2) is 4.39 Å². The van der Waals surface area contributed by atoms with Crippen LogP contribution in [0.2, 0.25) is 0 Å². The number of nitrogens with zero attached hydrogens (tertiary/aromatic N) is 2. The van der Waals surface area contributed by atoms with Crippen LogP contribution >= 0.6 is 11.5 Å². The van der Waals surface area contributed by atoms with Crippen molar-refractivity contribution in [1.82, 2.24) is 14.9 Å². The summed E-state index contributed by atoms with van der Waals surface area (Å²) in [6.45, 7) is 1.74. The number of aromatic nitrogens is 2. The van der Waals surface area contributed by atoms with Gasteiger partial charge in [-0.2, -0.15) is 13.2 Å². The van der Waals surface area contributed by atoms with Gasteiger partial charge in [-0.05, 0) is 43.2 Å². The van der Waals surface area contributed by atoms with Crippen molar-refractivity contribution in [3.63, 3.8) is 0 Å². The van der Waals surface area contributed by atoms with E-state index in [1.54, 1.807) is 14.0 Å². The Labute approximate surface area is 116 Å². The Morgan fingerprint density at radius 2 is 2.00 bits per heavy atom. The number of halogens is 4. The topological polar surface area (TPSA) is 37.8 Å². The molecule has 1 aromatic carbocycles. The third kappa shape index (κ3) is 2.80. The van der Waals surface area contributed by atoms with E-state index in [4.69, 9.17) is 0 Å². The van der Waals surface area contributed by atoms with Gasteiger partial charge in [-0.1, -0.05) is 10.6 Å². The largest absolute Gasteiger partial charge is 0.419 e. The molecule has 1 heterocycles. The minimum Gasteiger partial charge on any atom is -0.309 e. The Hall–Kier alpha value is -1.54. The van der Waals surface area contributed by atoms with Crippen molar-refractivity contribution in [2.45, 2.75) is 19.1 Å². The lowest BCUT2D eigenvalue weighted by molar-refractivity contribution is -0.140. The fourth-order valence-corrected chi connectivity index (χ4v) is 2.68. The van der Waals surface area contributed by atoms with Crippen LogP contribution in [0.15, 0.2) is 18.2 Å². The van der Waals surface area contributed by atoms with Gasteiger partial charge in [0, 0.05) is 0 Å². The molecule has 0 aliphatic rings. The van der Waals surface area contributed by atoms with Crippen molar-refractivity contribution in [1.29, 1.82) is 0 Å². The molecule has 8 heteroatoms. The first-order valence-corrected chi connectivity index (χ1v) is 6.44. The molecule has 0 fully saturated rings. The lowest BCUT2D eigenvalue weighted by atomic mass is 10.0. The third-order valence-corrected chi connectivity index (χ3v) is 3.76. The summed E-state index contributed by atoms with van der Waals surface area (Å²) in [4.78, 5) is 0.742. The lowest BCUT2D eigenvalue weighted by Gasteiger charge is -2.16. The molecule has 0 saturated carbocycles. The summed E-state index contributed by atoms with van der Waals surface area (Å²) in [5, 5.41) is 6.77. The Bertz CT molecular complexity index is 609. The van der Waals surface area contributed by atoms with Crippen LogP contribution in [0.1, 0.15) is 27.7 Å². The predicted octanol–water partition coefficient (Wildman–Crippen LogP) is 3.31. The second-order valence-electron chi connectivity index (χ2n) is 4.18. The average Bonchev–Trinajstić information content (AvgIpc) is 2.75. The van der Waals surface area contributed by atoms with Crippen LogP contribution < -0.4 is 5.32 Å². The number of rotatable bonds is 3. The Morgan fingerprint density at radius 1 is 1.30 bits per heavy atom. The van der Waals surface area contributed by atoms with E-state index >= 15 is 0 Å². The third-order valence-electron chi connectivity index (χ3n) is 2.87. The van der Waals surface area contributed by atoms with E-state index in [0.717, 1.165) is 28.5 Å². The predicted molar refractivity (Wildman–Crippen MR) is 67.0 cm³/mol. The zero-order valence-electron chi connectivity index (χ0n) is 10.6. The highest BCUT2D eigenvalue weighted by Gasteiger charge is 2.34. The van der Waals surface area contributed by atoms with E-state index in [2.05, 4.69) is 14.9 Å². The minimum absolute atomic E-state index is 0.396. The summed E-state index contributed by atoms with van der Waals surface area (Å²) >= 11 is 1.12. The van der Waals surface area contributed by atoms with Gasteiger partial charge < -0.3 is 5.32 Å². The summed E-state index contributed by atoms with van der Waals surface area (Å²) in [5.74, 6) is -1.29.